The zero-order chi connectivity index (χ0) is 50.1. The van der Waals surface area contributed by atoms with E-state index in [9.17, 15) is 0 Å². The minimum Gasteiger partial charge on any atom is -0.310 e. The van der Waals surface area contributed by atoms with E-state index in [1.54, 1.807) is 0 Å². The van der Waals surface area contributed by atoms with Crippen molar-refractivity contribution in [1.82, 2.24) is 0 Å². The van der Waals surface area contributed by atoms with Crippen molar-refractivity contribution in [3.63, 3.8) is 0 Å². The predicted octanol–water partition coefficient (Wildman–Crippen LogP) is 19.6. The van der Waals surface area contributed by atoms with Crippen LogP contribution in [0.15, 0.2) is 273 Å². The summed E-state index contributed by atoms with van der Waals surface area (Å²) in [6, 6.07) is 104. The molecule has 0 N–H and O–H groups in total. The lowest BCUT2D eigenvalue weighted by molar-refractivity contribution is 0.809. The highest BCUT2D eigenvalue weighted by Crippen LogP contribution is 2.68. The number of hydrogen-bond donors (Lipinski definition) is 0. The second-order valence-electron chi connectivity index (χ2n) is 21.7. The van der Waals surface area contributed by atoms with Gasteiger partial charge in [-0.2, -0.15) is 0 Å². The summed E-state index contributed by atoms with van der Waals surface area (Å²) in [6.45, 7) is 0. The number of fused-ring (bicyclic) bond motifs is 31. The van der Waals surface area contributed by atoms with Crippen LogP contribution in [0.25, 0.3) is 98.4 Å². The van der Waals surface area contributed by atoms with E-state index < -0.39 is 10.8 Å². The standard InChI is InChI=1S/C76H45N/c1-2-19-49(20-3-1)77(50-37-42-53-47(44-50)35-40-64-63-39-34-46-18-4-5-21-52(46)71(63)75(72(53)64)66-30-14-10-24-57(66)58-25-11-15-31-67(58)75)51-38-43-54-48(45-51)36-41-65-70-61-28-8-6-22-55(61)56-23-7-9-29-62(56)74(70)76(73(54)65)68-32-16-12-26-59(68)60-27-13-17-33-69(60)76/h1-45H. The molecule has 0 unspecified atom stereocenters. The summed E-state index contributed by atoms with van der Waals surface area (Å²) >= 11 is 0. The molecule has 14 aromatic rings. The molecule has 0 atom stereocenters. The Kier molecular flexibility index (Phi) is 8.06. The maximum absolute atomic E-state index is 2.46. The summed E-state index contributed by atoms with van der Waals surface area (Å²) in [4.78, 5) is 2.46. The van der Waals surface area contributed by atoms with E-state index in [0.717, 1.165) is 17.1 Å². The fraction of sp³-hybridized carbons (Fsp3) is 0.0263. The van der Waals surface area contributed by atoms with Crippen LogP contribution >= 0.6 is 0 Å². The van der Waals surface area contributed by atoms with Gasteiger partial charge in [0.2, 0.25) is 0 Å². The highest BCUT2D eigenvalue weighted by Gasteiger charge is 2.55. The predicted molar refractivity (Wildman–Crippen MR) is 321 cm³/mol. The largest absolute Gasteiger partial charge is 0.310 e. The normalized spacial score (nSPS) is 14.2. The first-order valence-electron chi connectivity index (χ1n) is 27.1. The lowest BCUT2D eigenvalue weighted by Crippen LogP contribution is -2.26. The smallest absolute Gasteiger partial charge is 0.0737 e. The quantitative estimate of drug-likeness (QED) is 0.160. The summed E-state index contributed by atoms with van der Waals surface area (Å²) < 4.78 is 0. The Labute approximate surface area is 446 Å². The molecule has 1 nitrogen and oxygen atoms in total. The minimum absolute atomic E-state index is 0.493. The summed E-state index contributed by atoms with van der Waals surface area (Å²) in [6.07, 6.45) is 0. The molecule has 0 heterocycles. The Morgan fingerprint density at radius 3 is 1.13 bits per heavy atom. The van der Waals surface area contributed by atoms with E-state index in [1.807, 2.05) is 0 Å². The van der Waals surface area contributed by atoms with Gasteiger partial charge in [-0.1, -0.05) is 237 Å². The molecular weight excluding hydrogens is 927 g/mol. The van der Waals surface area contributed by atoms with Crippen molar-refractivity contribution in [1.29, 1.82) is 0 Å². The minimum atomic E-state index is -0.538. The van der Waals surface area contributed by atoms with Gasteiger partial charge in [0.15, 0.2) is 0 Å². The van der Waals surface area contributed by atoms with Crippen molar-refractivity contribution in [2.24, 2.45) is 0 Å². The van der Waals surface area contributed by atoms with Gasteiger partial charge in [0, 0.05) is 17.1 Å². The summed E-state index contributed by atoms with van der Waals surface area (Å²) in [5, 5.41) is 12.8. The monoisotopic (exact) mass is 971 g/mol. The molecule has 0 bridgehead atoms. The second-order valence-corrected chi connectivity index (χ2v) is 21.7. The maximum Gasteiger partial charge on any atom is 0.0737 e. The van der Waals surface area contributed by atoms with Crippen LogP contribution in [-0.4, -0.2) is 0 Å². The van der Waals surface area contributed by atoms with Crippen molar-refractivity contribution in [3.8, 4) is 44.5 Å². The Bertz CT molecular complexity index is 4850. The second kappa shape index (κ2) is 14.9. The first-order valence-corrected chi connectivity index (χ1v) is 27.1. The molecule has 77 heavy (non-hydrogen) atoms. The topological polar surface area (TPSA) is 3.24 Å². The van der Waals surface area contributed by atoms with E-state index in [-0.39, 0.29) is 0 Å². The van der Waals surface area contributed by atoms with Crippen LogP contribution < -0.4 is 4.90 Å². The van der Waals surface area contributed by atoms with Crippen molar-refractivity contribution < 1.29 is 0 Å². The molecule has 14 aromatic carbocycles. The third kappa shape index (κ3) is 5.06. The van der Waals surface area contributed by atoms with E-state index in [0.29, 0.717) is 0 Å². The lowest BCUT2D eigenvalue weighted by atomic mass is 9.68. The molecule has 4 aliphatic rings. The molecule has 18 rings (SSSR count). The zero-order valence-corrected chi connectivity index (χ0v) is 41.9. The molecule has 0 saturated carbocycles. The van der Waals surface area contributed by atoms with Crippen LogP contribution in [0.1, 0.15) is 44.5 Å². The van der Waals surface area contributed by atoms with Gasteiger partial charge in [0.05, 0.1) is 10.8 Å². The average molecular weight is 972 g/mol. The highest BCUT2D eigenvalue weighted by atomic mass is 15.1. The van der Waals surface area contributed by atoms with Gasteiger partial charge < -0.3 is 4.90 Å². The van der Waals surface area contributed by atoms with E-state index in [4.69, 9.17) is 0 Å². The van der Waals surface area contributed by atoms with Gasteiger partial charge in [-0.3, -0.25) is 0 Å². The molecule has 1 heteroatoms. The fourth-order valence-electron chi connectivity index (χ4n) is 15.7. The van der Waals surface area contributed by atoms with Crippen LogP contribution in [0.2, 0.25) is 0 Å². The van der Waals surface area contributed by atoms with Gasteiger partial charge in [-0.15, -0.1) is 0 Å². The third-order valence-electron chi connectivity index (χ3n) is 18.4. The zero-order valence-electron chi connectivity index (χ0n) is 41.9. The van der Waals surface area contributed by atoms with Gasteiger partial charge in [-0.05, 0) is 179 Å². The molecule has 0 aliphatic heterocycles. The summed E-state index contributed by atoms with van der Waals surface area (Å²) in [5.41, 5.74) is 23.9. The van der Waals surface area contributed by atoms with E-state index >= 15 is 0 Å². The Balaban J connectivity index is 0.875. The molecule has 2 spiro atoms. The van der Waals surface area contributed by atoms with E-state index in [1.165, 1.54) is 143 Å². The number of benzene rings is 14. The van der Waals surface area contributed by atoms with Crippen molar-refractivity contribution in [3.05, 3.63) is 317 Å². The Morgan fingerprint density at radius 1 is 0.208 bits per heavy atom. The van der Waals surface area contributed by atoms with Crippen LogP contribution in [-0.2, 0) is 10.8 Å². The first kappa shape index (κ1) is 41.5. The molecule has 354 valence electrons. The summed E-state index contributed by atoms with van der Waals surface area (Å²) in [7, 11) is 0. The molecule has 0 amide bonds. The van der Waals surface area contributed by atoms with Gasteiger partial charge in [0.25, 0.3) is 0 Å². The number of anilines is 3. The average Bonchev–Trinajstić information content (AvgIpc) is 4.35. The fourth-order valence-corrected chi connectivity index (χ4v) is 15.7. The number of hydrogen-bond acceptors (Lipinski definition) is 1. The first-order chi connectivity index (χ1) is 38.2. The molecule has 4 aliphatic carbocycles. The van der Waals surface area contributed by atoms with Gasteiger partial charge in [-0.25, -0.2) is 0 Å². The van der Waals surface area contributed by atoms with Gasteiger partial charge >= 0.3 is 0 Å². The molecular formula is C76H45N. The van der Waals surface area contributed by atoms with Crippen molar-refractivity contribution in [2.45, 2.75) is 10.8 Å². The molecule has 0 radical (unpaired) electrons. The maximum atomic E-state index is 2.46. The van der Waals surface area contributed by atoms with Gasteiger partial charge in [0.1, 0.15) is 0 Å². The van der Waals surface area contributed by atoms with Crippen molar-refractivity contribution in [2.75, 3.05) is 4.90 Å². The number of nitrogens with zero attached hydrogens (tertiary/aromatic N) is 1. The van der Waals surface area contributed by atoms with Crippen molar-refractivity contribution >= 4 is 70.9 Å². The number of rotatable bonds is 3. The highest BCUT2D eigenvalue weighted by molar-refractivity contribution is 6.22. The summed E-state index contributed by atoms with van der Waals surface area (Å²) in [5.74, 6) is 0. The lowest BCUT2D eigenvalue weighted by Gasteiger charge is -2.33. The SMILES string of the molecule is c1ccc(N(c2ccc3c4c(ccc3c2)-c2ccc3ccccc3c2C42c3ccccc3-c3ccccc32)c2ccc3c4c(ccc3c2)-c2c(c3ccccc3c3ccccc23)C42c3ccccc3-c3ccccc32)cc1. The number of para-hydroxylation sites is 1. The van der Waals surface area contributed by atoms with Crippen LogP contribution in [0, 0.1) is 0 Å². The Morgan fingerprint density at radius 2 is 0.584 bits per heavy atom. The molecule has 0 aromatic heterocycles. The Hall–Kier alpha value is -9.82. The van der Waals surface area contributed by atoms with E-state index in [2.05, 4.69) is 278 Å². The van der Waals surface area contributed by atoms with Crippen LogP contribution in [0.5, 0.6) is 0 Å². The molecule has 0 saturated heterocycles. The molecule has 0 fully saturated rings. The third-order valence-corrected chi connectivity index (χ3v) is 18.4. The van der Waals surface area contributed by atoms with Crippen LogP contribution in [0.4, 0.5) is 17.1 Å². The van der Waals surface area contributed by atoms with Crippen LogP contribution in [0.3, 0.4) is 0 Å².